The van der Waals surface area contributed by atoms with Crippen LogP contribution in [0.2, 0.25) is 0 Å². The number of hydrogen-bond donors (Lipinski definition) is 2. The lowest BCUT2D eigenvalue weighted by atomic mass is 10.0. The predicted octanol–water partition coefficient (Wildman–Crippen LogP) is -1.07. The van der Waals surface area contributed by atoms with Crippen molar-refractivity contribution in [1.29, 1.82) is 0 Å². The zero-order chi connectivity index (χ0) is 24.1. The summed E-state index contributed by atoms with van der Waals surface area (Å²) in [7, 11) is 0. The zero-order valence-electron chi connectivity index (χ0n) is 17.6. The number of rotatable bonds is 11. The van der Waals surface area contributed by atoms with E-state index in [4.69, 9.17) is 29.4 Å². The first kappa shape index (κ1) is 27.3. The molecule has 0 radical (unpaired) electrons. The van der Waals surface area contributed by atoms with Gasteiger partial charge in [0.1, 0.15) is 6.61 Å². The van der Waals surface area contributed by atoms with Crippen LogP contribution in [0.3, 0.4) is 0 Å². The van der Waals surface area contributed by atoms with E-state index < -0.39 is 66.9 Å². The van der Waals surface area contributed by atoms with E-state index in [2.05, 4.69) is 5.10 Å². The van der Waals surface area contributed by atoms with Gasteiger partial charge in [-0.1, -0.05) is 0 Å². The van der Waals surface area contributed by atoms with Crippen LogP contribution in [0.1, 0.15) is 34.6 Å². The Morgan fingerprint density at radius 2 is 1.26 bits per heavy atom. The molecule has 0 aliphatic rings. The fourth-order valence-corrected chi connectivity index (χ4v) is 2.22. The number of nitrogens with two attached hydrogens (primary N) is 1. The number of hydrogen-bond acceptors (Lipinski definition) is 12. The summed E-state index contributed by atoms with van der Waals surface area (Å²) < 4.78 is 25.2. The van der Waals surface area contributed by atoms with Gasteiger partial charge in [-0.2, -0.15) is 5.10 Å². The molecule has 0 spiro atoms. The van der Waals surface area contributed by atoms with Crippen LogP contribution in [0.25, 0.3) is 0 Å². The highest BCUT2D eigenvalue weighted by molar-refractivity contribution is 5.76. The molecule has 14 nitrogen and oxygen atoms in total. The highest BCUT2D eigenvalue weighted by Crippen LogP contribution is 2.19. The third kappa shape index (κ3) is 12.5. The lowest BCUT2D eigenvalue weighted by Gasteiger charge is -2.34. The van der Waals surface area contributed by atoms with Crippen molar-refractivity contribution in [1.82, 2.24) is 5.43 Å². The summed E-state index contributed by atoms with van der Waals surface area (Å²) in [5, 5.41) is 3.46. The maximum Gasteiger partial charge on any atom is 0.332 e. The van der Waals surface area contributed by atoms with E-state index in [1.165, 1.54) is 0 Å². The van der Waals surface area contributed by atoms with Crippen molar-refractivity contribution in [3.05, 3.63) is 0 Å². The molecule has 0 aromatic rings. The first-order valence-corrected chi connectivity index (χ1v) is 8.74. The molecule has 174 valence electrons. The van der Waals surface area contributed by atoms with Crippen molar-refractivity contribution in [2.45, 2.75) is 59.0 Å². The van der Waals surface area contributed by atoms with Gasteiger partial charge < -0.3 is 29.4 Å². The van der Waals surface area contributed by atoms with Crippen molar-refractivity contribution in [3.8, 4) is 0 Å². The van der Waals surface area contributed by atoms with Gasteiger partial charge in [0, 0.05) is 34.6 Å². The van der Waals surface area contributed by atoms with E-state index in [9.17, 15) is 28.8 Å². The van der Waals surface area contributed by atoms with Gasteiger partial charge in [0.25, 0.3) is 0 Å². The van der Waals surface area contributed by atoms with E-state index in [1.54, 1.807) is 0 Å². The number of amides is 2. The van der Waals surface area contributed by atoms with Gasteiger partial charge in [0.05, 0.1) is 6.21 Å². The molecule has 0 heterocycles. The molecule has 0 aliphatic heterocycles. The fraction of sp³-hybridized carbons (Fsp3) is 0.588. The van der Waals surface area contributed by atoms with Gasteiger partial charge in [0.2, 0.25) is 0 Å². The second-order valence-corrected chi connectivity index (χ2v) is 5.93. The molecule has 0 bridgehead atoms. The largest absolute Gasteiger partial charge is 0.462 e. The molecule has 3 N–H and O–H groups in total. The monoisotopic (exact) mass is 447 g/mol. The Balaban J connectivity index is 6.30. The van der Waals surface area contributed by atoms with Crippen LogP contribution in [0.5, 0.6) is 0 Å². The summed E-state index contributed by atoms with van der Waals surface area (Å²) in [6.45, 7) is 4.57. The van der Waals surface area contributed by atoms with Crippen molar-refractivity contribution in [3.63, 3.8) is 0 Å². The Kier molecular flexibility index (Phi) is 11.9. The normalized spacial score (nSPS) is 14.4. The molecule has 4 unspecified atom stereocenters. The minimum atomic E-state index is -1.64. The standard InChI is InChI=1S/C17H25N3O11/c1-8(21)27-7-14(29-10(3)23)16(31-12(5)25)15(30-11(4)24)13(28-9(2)22)6-19-20-17(18)26/h6,13-16H,7H2,1-5H3,(H3,18,20,26). The van der Waals surface area contributed by atoms with Gasteiger partial charge in [-0.25, -0.2) is 10.2 Å². The van der Waals surface area contributed by atoms with Crippen molar-refractivity contribution in [2.75, 3.05) is 6.61 Å². The van der Waals surface area contributed by atoms with Crippen LogP contribution in [0, 0.1) is 0 Å². The Bertz CT molecular complexity index is 722. The van der Waals surface area contributed by atoms with Gasteiger partial charge in [-0.3, -0.25) is 24.0 Å². The maximum atomic E-state index is 11.7. The van der Waals surface area contributed by atoms with Gasteiger partial charge in [-0.15, -0.1) is 0 Å². The Morgan fingerprint density at radius 1 is 0.774 bits per heavy atom. The smallest absolute Gasteiger partial charge is 0.332 e. The highest BCUT2D eigenvalue weighted by Gasteiger charge is 2.43. The van der Waals surface area contributed by atoms with E-state index in [1.807, 2.05) is 5.43 Å². The summed E-state index contributed by atoms with van der Waals surface area (Å²) in [6.07, 6.45) is -5.43. The number of hydrazone groups is 1. The van der Waals surface area contributed by atoms with Crippen molar-refractivity contribution >= 4 is 42.1 Å². The van der Waals surface area contributed by atoms with E-state index >= 15 is 0 Å². The number of primary amides is 1. The molecule has 0 aromatic heterocycles. The Labute approximate surface area is 177 Å². The highest BCUT2D eigenvalue weighted by atomic mass is 16.6. The summed E-state index contributed by atoms with van der Waals surface area (Å²) in [5.41, 5.74) is 6.75. The molecule has 14 heteroatoms. The maximum absolute atomic E-state index is 11.7. The number of carbonyl (C=O) groups is 6. The van der Waals surface area contributed by atoms with Crippen LogP contribution in [0.4, 0.5) is 4.79 Å². The topological polar surface area (TPSA) is 199 Å². The molecule has 31 heavy (non-hydrogen) atoms. The molecule has 4 atom stereocenters. The minimum Gasteiger partial charge on any atom is -0.462 e. The van der Waals surface area contributed by atoms with Crippen LogP contribution in [-0.4, -0.2) is 73.1 Å². The number of esters is 5. The quantitative estimate of drug-likeness (QED) is 0.169. The lowest BCUT2D eigenvalue weighted by molar-refractivity contribution is -0.197. The van der Waals surface area contributed by atoms with Crippen molar-refractivity contribution in [2.24, 2.45) is 10.8 Å². The number of ether oxygens (including phenoxy) is 5. The average Bonchev–Trinajstić information content (AvgIpc) is 2.59. The predicted molar refractivity (Wildman–Crippen MR) is 100 cm³/mol. The minimum absolute atomic E-state index is 0.589. The van der Waals surface area contributed by atoms with Crippen LogP contribution >= 0.6 is 0 Å². The summed E-state index contributed by atoms with van der Waals surface area (Å²) in [5.74, 6) is -4.24. The summed E-state index contributed by atoms with van der Waals surface area (Å²) in [6, 6.07) is -1.05. The molecule has 2 amide bonds. The van der Waals surface area contributed by atoms with Crippen LogP contribution < -0.4 is 11.2 Å². The van der Waals surface area contributed by atoms with Gasteiger partial charge in [-0.05, 0) is 0 Å². The van der Waals surface area contributed by atoms with Gasteiger partial charge in [0.15, 0.2) is 24.4 Å². The number of urea groups is 1. The molecular formula is C17H25N3O11. The van der Waals surface area contributed by atoms with Crippen LogP contribution in [-0.2, 0) is 47.7 Å². The molecule has 0 aromatic carbocycles. The molecule has 0 saturated carbocycles. The molecule has 0 saturated heterocycles. The second-order valence-electron chi connectivity index (χ2n) is 5.93. The van der Waals surface area contributed by atoms with Gasteiger partial charge >= 0.3 is 35.9 Å². The SMILES string of the molecule is CC(=O)OCC(OC(C)=O)C(OC(C)=O)C(OC(C)=O)C(C=NNC(N)=O)OC(C)=O. The number of nitrogens with one attached hydrogen (secondary N) is 1. The Hall–Kier alpha value is -3.71. The lowest BCUT2D eigenvalue weighted by Crippen LogP contribution is -2.53. The molecule has 0 aliphatic carbocycles. The first-order chi connectivity index (χ1) is 14.3. The van der Waals surface area contributed by atoms with E-state index in [-0.39, 0.29) is 0 Å². The molecule has 0 rings (SSSR count). The third-order valence-electron chi connectivity index (χ3n) is 3.08. The van der Waals surface area contributed by atoms with Crippen molar-refractivity contribution < 1.29 is 52.5 Å². The zero-order valence-corrected chi connectivity index (χ0v) is 17.6. The van der Waals surface area contributed by atoms with E-state index in [0.29, 0.717) is 0 Å². The fourth-order valence-electron chi connectivity index (χ4n) is 2.22. The summed E-state index contributed by atoms with van der Waals surface area (Å²) >= 11 is 0. The summed E-state index contributed by atoms with van der Waals surface area (Å²) in [4.78, 5) is 68.5. The first-order valence-electron chi connectivity index (χ1n) is 8.74. The number of nitrogens with zero attached hydrogens (tertiary/aromatic N) is 1. The molecular weight excluding hydrogens is 422 g/mol. The average molecular weight is 447 g/mol. The molecule has 0 fully saturated rings. The van der Waals surface area contributed by atoms with Crippen LogP contribution in [0.15, 0.2) is 5.10 Å². The number of carbonyl (C=O) groups excluding carboxylic acids is 6. The third-order valence-corrected chi connectivity index (χ3v) is 3.08. The van der Waals surface area contributed by atoms with E-state index in [0.717, 1.165) is 40.8 Å². The Morgan fingerprint density at radius 3 is 1.68 bits per heavy atom. The second kappa shape index (κ2) is 13.5.